The molecule has 0 unspecified atom stereocenters. The topological polar surface area (TPSA) is 182 Å². The highest BCUT2D eigenvalue weighted by atomic mass is 19.1. The van der Waals surface area contributed by atoms with Gasteiger partial charge in [0.25, 0.3) is 11.7 Å². The number of piperidine rings is 1. The Morgan fingerprint density at radius 3 is 2.31 bits per heavy atom. The Labute approximate surface area is 370 Å². The lowest BCUT2D eigenvalue weighted by atomic mass is 9.95. The van der Waals surface area contributed by atoms with Gasteiger partial charge >= 0.3 is 6.03 Å². The number of benzene rings is 2. The lowest BCUT2D eigenvalue weighted by molar-refractivity contribution is -0.120. The molecule has 6 aromatic rings. The molecular formula is C47H53FN12O4. The summed E-state index contributed by atoms with van der Waals surface area (Å²) in [4.78, 5) is 67.1. The number of halogens is 1. The minimum Gasteiger partial charge on any atom is -0.372 e. The van der Waals surface area contributed by atoms with Gasteiger partial charge in [0.05, 0.1) is 35.0 Å². The second kappa shape index (κ2) is 17.4. The molecular weight excluding hydrogens is 816 g/mol. The smallest absolute Gasteiger partial charge is 0.328 e. The first-order chi connectivity index (χ1) is 30.8. The summed E-state index contributed by atoms with van der Waals surface area (Å²) in [5, 5.41) is 9.75. The number of anilines is 3. The average Bonchev–Trinajstić information content (AvgIpc) is 3.98. The van der Waals surface area contributed by atoms with E-state index < -0.39 is 23.2 Å². The first kappa shape index (κ1) is 42.5. The van der Waals surface area contributed by atoms with Crippen molar-refractivity contribution >= 4 is 45.9 Å². The van der Waals surface area contributed by atoms with E-state index >= 15 is 4.39 Å². The number of carbonyl (C=O) groups excluding carboxylic acids is 3. The molecule has 0 radical (unpaired) electrons. The number of piperazine rings is 1. The second-order valence-electron chi connectivity index (χ2n) is 18.1. The third-order valence-corrected chi connectivity index (χ3v) is 12.6. The maximum atomic E-state index is 16.0. The fourth-order valence-electron chi connectivity index (χ4n) is 8.91. The van der Waals surface area contributed by atoms with Crippen molar-refractivity contribution in [1.82, 2.24) is 45.6 Å². The van der Waals surface area contributed by atoms with Gasteiger partial charge in [0, 0.05) is 86.5 Å². The Morgan fingerprint density at radius 1 is 0.906 bits per heavy atom. The predicted octanol–water partition coefficient (Wildman–Crippen LogP) is 6.79. The van der Waals surface area contributed by atoms with Crippen LogP contribution in [-0.2, 0) is 10.2 Å². The molecule has 3 fully saturated rings. The Kier molecular flexibility index (Phi) is 11.6. The van der Waals surface area contributed by atoms with E-state index in [2.05, 4.69) is 68.6 Å². The predicted molar refractivity (Wildman–Crippen MR) is 242 cm³/mol. The van der Waals surface area contributed by atoms with Gasteiger partial charge in [-0.15, -0.1) is 0 Å². The highest BCUT2D eigenvalue weighted by molar-refractivity contribution is 6.05. The fourth-order valence-corrected chi connectivity index (χ4v) is 8.91. The standard InChI is InChI=1S/C47H53FN12O4/c1-28-22-35(37(48)23-34(28)29(2)52-44(62)43-55-45(64-56-43)47(3,4)5)41-36-24-39(53-42(36)51-27-50-41)38-11-10-33(25-49-38)59-20-18-57(19-21-59)26-30-12-15-58(16-13-30)31-6-8-32(9-7-31)60-17-14-40(61)54-46(60)63/h6-11,22-25,27,29-30H,12-21,26H2,1-5H3,(H,52,62)(H,50,51,53)(H,54,61,63)/t29-/m1/s1. The van der Waals surface area contributed by atoms with Gasteiger partial charge in [-0.2, -0.15) is 4.98 Å². The van der Waals surface area contributed by atoms with E-state index in [9.17, 15) is 14.4 Å². The van der Waals surface area contributed by atoms with Crippen LogP contribution in [0.3, 0.4) is 0 Å². The summed E-state index contributed by atoms with van der Waals surface area (Å²) in [6.07, 6.45) is 5.92. The SMILES string of the molecule is Cc1cc(-c2ncnc3[nH]c(-c4ccc(N5CCN(CC6CCN(c7ccc(N8CCC(=O)NC8=O)cc7)CC6)CC5)cn4)cc23)c(F)cc1[C@@H](C)NC(=O)c1noc(C(C)(C)C)n1. The number of urea groups is 1. The number of pyridine rings is 1. The second-order valence-corrected chi connectivity index (χ2v) is 18.1. The molecule has 1 atom stereocenters. The number of aromatic amines is 1. The molecule has 16 nitrogen and oxygen atoms in total. The van der Waals surface area contributed by atoms with Crippen LogP contribution in [0.2, 0.25) is 0 Å². The number of carbonyl (C=O) groups is 3. The summed E-state index contributed by atoms with van der Waals surface area (Å²) in [6, 6.07) is 16.4. The van der Waals surface area contributed by atoms with Crippen LogP contribution < -0.4 is 25.3 Å². The molecule has 3 saturated heterocycles. The highest BCUT2D eigenvalue weighted by Crippen LogP contribution is 2.34. The van der Waals surface area contributed by atoms with Crippen molar-refractivity contribution in [2.75, 3.05) is 67.1 Å². The number of aryl methyl sites for hydroxylation is 1. The first-order valence-electron chi connectivity index (χ1n) is 22.0. The molecule has 4 aromatic heterocycles. The number of nitrogens with one attached hydrogen (secondary N) is 3. The van der Waals surface area contributed by atoms with Gasteiger partial charge in [-0.25, -0.2) is 19.2 Å². The summed E-state index contributed by atoms with van der Waals surface area (Å²) >= 11 is 0. The van der Waals surface area contributed by atoms with Crippen molar-refractivity contribution in [3.8, 4) is 22.6 Å². The number of fused-ring (bicyclic) bond motifs is 1. The third kappa shape index (κ3) is 8.89. The first-order valence-corrected chi connectivity index (χ1v) is 22.0. The van der Waals surface area contributed by atoms with Gasteiger partial charge in [-0.1, -0.05) is 25.9 Å². The summed E-state index contributed by atoms with van der Waals surface area (Å²) in [5.41, 5.74) is 6.88. The lowest BCUT2D eigenvalue weighted by Crippen LogP contribution is -2.49. The van der Waals surface area contributed by atoms with Crippen molar-refractivity contribution in [2.45, 2.75) is 65.3 Å². The van der Waals surface area contributed by atoms with Gasteiger partial charge in [0.15, 0.2) is 0 Å². The molecule has 332 valence electrons. The normalized spacial score (nSPS) is 17.2. The zero-order chi connectivity index (χ0) is 44.7. The molecule has 64 heavy (non-hydrogen) atoms. The molecule has 0 aliphatic carbocycles. The van der Waals surface area contributed by atoms with Gasteiger partial charge in [-0.05, 0) is 98.3 Å². The lowest BCUT2D eigenvalue weighted by Gasteiger charge is -2.40. The summed E-state index contributed by atoms with van der Waals surface area (Å²) in [7, 11) is 0. The van der Waals surface area contributed by atoms with Crippen LogP contribution in [0.15, 0.2) is 71.6 Å². The third-order valence-electron chi connectivity index (χ3n) is 12.6. The van der Waals surface area contributed by atoms with Crippen LogP contribution in [-0.4, -0.2) is 105 Å². The Hall–Kier alpha value is -6.75. The Bertz CT molecular complexity index is 2680. The van der Waals surface area contributed by atoms with Crippen molar-refractivity contribution in [1.29, 1.82) is 0 Å². The molecule has 0 spiro atoms. The van der Waals surface area contributed by atoms with Gasteiger partial charge in [-0.3, -0.25) is 29.7 Å². The zero-order valence-corrected chi connectivity index (χ0v) is 36.8. The molecule has 3 N–H and O–H groups in total. The minimum atomic E-state index is -0.531. The Morgan fingerprint density at radius 2 is 1.62 bits per heavy atom. The molecule has 0 saturated carbocycles. The Balaban J connectivity index is 0.781. The number of hydrogen-bond acceptors (Lipinski definition) is 12. The van der Waals surface area contributed by atoms with Gasteiger partial charge < -0.3 is 24.6 Å². The highest BCUT2D eigenvalue weighted by Gasteiger charge is 2.28. The number of hydrogen-bond donors (Lipinski definition) is 3. The number of amides is 4. The van der Waals surface area contributed by atoms with E-state index in [0.29, 0.717) is 52.6 Å². The number of rotatable bonds is 10. The van der Waals surface area contributed by atoms with Crippen LogP contribution >= 0.6 is 0 Å². The minimum absolute atomic E-state index is 0.0733. The van der Waals surface area contributed by atoms with E-state index in [4.69, 9.17) is 9.51 Å². The number of imide groups is 1. The molecule has 9 rings (SSSR count). The van der Waals surface area contributed by atoms with Crippen molar-refractivity contribution in [2.24, 2.45) is 5.92 Å². The number of aromatic nitrogens is 6. The maximum absolute atomic E-state index is 16.0. The van der Waals surface area contributed by atoms with Crippen LogP contribution in [0, 0.1) is 18.7 Å². The van der Waals surface area contributed by atoms with Crippen LogP contribution in [0.1, 0.15) is 80.6 Å². The van der Waals surface area contributed by atoms with E-state index in [1.807, 2.05) is 58.2 Å². The molecule has 2 aromatic carbocycles. The molecule has 3 aliphatic rings. The van der Waals surface area contributed by atoms with E-state index in [0.717, 1.165) is 92.7 Å². The molecule has 3 aliphatic heterocycles. The van der Waals surface area contributed by atoms with Crippen molar-refractivity contribution in [3.05, 3.63) is 95.8 Å². The fraction of sp³-hybridized carbons (Fsp3) is 0.404. The van der Waals surface area contributed by atoms with Crippen molar-refractivity contribution in [3.63, 3.8) is 0 Å². The monoisotopic (exact) mass is 868 g/mol. The largest absolute Gasteiger partial charge is 0.372 e. The summed E-state index contributed by atoms with van der Waals surface area (Å²) in [6.45, 7) is 16.7. The van der Waals surface area contributed by atoms with E-state index in [1.165, 1.54) is 12.4 Å². The van der Waals surface area contributed by atoms with Crippen LogP contribution in [0.5, 0.6) is 0 Å². The van der Waals surface area contributed by atoms with Crippen molar-refractivity contribution < 1.29 is 23.3 Å². The molecule has 0 bridgehead atoms. The van der Waals surface area contributed by atoms with Gasteiger partial charge in [0.1, 0.15) is 17.8 Å². The van der Waals surface area contributed by atoms with Crippen LogP contribution in [0.4, 0.5) is 26.2 Å². The summed E-state index contributed by atoms with van der Waals surface area (Å²) < 4.78 is 21.2. The molecule has 7 heterocycles. The average molecular weight is 869 g/mol. The molecule has 4 amide bonds. The summed E-state index contributed by atoms with van der Waals surface area (Å²) in [5.74, 6) is -0.279. The van der Waals surface area contributed by atoms with Crippen LogP contribution in [0.25, 0.3) is 33.7 Å². The van der Waals surface area contributed by atoms with Gasteiger partial charge in [0.2, 0.25) is 11.8 Å². The quantitative estimate of drug-likeness (QED) is 0.131. The number of H-pyrrole nitrogens is 1. The van der Waals surface area contributed by atoms with E-state index in [-0.39, 0.29) is 17.8 Å². The number of nitrogens with zero attached hydrogens (tertiary/aromatic N) is 9. The zero-order valence-electron chi connectivity index (χ0n) is 36.8. The maximum Gasteiger partial charge on any atom is 0.328 e. The molecule has 17 heteroatoms. The van der Waals surface area contributed by atoms with E-state index in [1.54, 1.807) is 17.9 Å².